The van der Waals surface area contributed by atoms with Crippen molar-refractivity contribution < 1.29 is 24.5 Å². The molecule has 0 aliphatic carbocycles. The van der Waals surface area contributed by atoms with Gasteiger partial charge in [-0.3, -0.25) is 0 Å². The smallest absolute Gasteiger partial charge is 0.407 e. The highest BCUT2D eigenvalue weighted by atomic mass is 17.1. The van der Waals surface area contributed by atoms with Gasteiger partial charge in [-0.25, -0.2) is 9.59 Å². The molecular weight excluding hydrogens is 226 g/mol. The molecule has 0 aromatic heterocycles. The fraction of sp³-hybridized carbons (Fsp3) is 0.818. The summed E-state index contributed by atoms with van der Waals surface area (Å²) in [5, 5.41) is 10.7. The van der Waals surface area contributed by atoms with E-state index in [-0.39, 0.29) is 12.5 Å². The largest absolute Gasteiger partial charge is 0.444 e. The lowest BCUT2D eigenvalue weighted by atomic mass is 10.1. The second kappa shape index (κ2) is 7.11. The lowest BCUT2D eigenvalue weighted by Gasteiger charge is -2.22. The molecule has 0 bridgehead atoms. The van der Waals surface area contributed by atoms with Gasteiger partial charge in [-0.15, -0.1) is 0 Å². The van der Waals surface area contributed by atoms with Crippen molar-refractivity contribution in [3.63, 3.8) is 0 Å². The topological polar surface area (TPSA) is 84.9 Å². The Morgan fingerprint density at radius 3 is 2.35 bits per heavy atom. The van der Waals surface area contributed by atoms with Gasteiger partial charge in [0, 0.05) is 6.04 Å². The van der Waals surface area contributed by atoms with Gasteiger partial charge in [-0.1, -0.05) is 6.92 Å². The van der Waals surface area contributed by atoms with Crippen molar-refractivity contribution in [3.05, 3.63) is 0 Å². The summed E-state index contributed by atoms with van der Waals surface area (Å²) in [6.07, 6.45) is 0.597. The van der Waals surface area contributed by atoms with Crippen LogP contribution in [0, 0.1) is 0 Å². The van der Waals surface area contributed by atoms with E-state index in [2.05, 4.69) is 10.2 Å². The highest BCUT2D eigenvalue weighted by Gasteiger charge is 2.19. The van der Waals surface area contributed by atoms with Gasteiger partial charge in [0.05, 0.1) is 6.42 Å². The van der Waals surface area contributed by atoms with Crippen LogP contribution in [0.3, 0.4) is 0 Å². The standard InChI is InChI=1S/C11H21NO5/c1-5-8(6-7-9(13)17-15)12-10(14)16-11(2,3)4/h8,15H,5-7H2,1-4H3,(H,12,14). The van der Waals surface area contributed by atoms with Crippen molar-refractivity contribution >= 4 is 12.1 Å². The van der Waals surface area contributed by atoms with Crippen molar-refractivity contribution in [3.8, 4) is 0 Å². The predicted octanol–water partition coefficient (Wildman–Crippen LogP) is 2.09. The molecule has 2 N–H and O–H groups in total. The number of hydrogen-bond donors (Lipinski definition) is 2. The lowest BCUT2D eigenvalue weighted by Crippen LogP contribution is -2.39. The summed E-state index contributed by atoms with van der Waals surface area (Å²) in [6, 6.07) is -0.177. The van der Waals surface area contributed by atoms with Gasteiger partial charge >= 0.3 is 12.1 Å². The van der Waals surface area contributed by atoms with Crippen molar-refractivity contribution in [2.24, 2.45) is 0 Å². The molecule has 0 spiro atoms. The van der Waals surface area contributed by atoms with Crippen LogP contribution in [-0.2, 0) is 14.4 Å². The fourth-order valence-electron chi connectivity index (χ4n) is 1.19. The SMILES string of the molecule is CCC(CCC(=O)OO)NC(=O)OC(C)(C)C. The second-order valence-electron chi connectivity index (χ2n) is 4.75. The summed E-state index contributed by atoms with van der Waals surface area (Å²) >= 11 is 0. The Labute approximate surface area is 101 Å². The molecule has 0 rings (SSSR count). The molecule has 100 valence electrons. The van der Waals surface area contributed by atoms with E-state index < -0.39 is 17.7 Å². The molecule has 0 aliphatic heterocycles. The minimum absolute atomic E-state index is 0.0464. The van der Waals surface area contributed by atoms with Crippen LogP contribution >= 0.6 is 0 Å². The Balaban J connectivity index is 4.04. The first kappa shape index (κ1) is 15.7. The molecule has 1 amide bonds. The summed E-state index contributed by atoms with van der Waals surface area (Å²) in [5.41, 5.74) is -0.549. The normalized spacial score (nSPS) is 12.8. The Morgan fingerprint density at radius 1 is 1.35 bits per heavy atom. The Morgan fingerprint density at radius 2 is 1.94 bits per heavy atom. The first-order valence-electron chi connectivity index (χ1n) is 5.62. The zero-order chi connectivity index (χ0) is 13.5. The molecular formula is C11H21NO5. The summed E-state index contributed by atoms with van der Waals surface area (Å²) in [4.78, 5) is 25.7. The van der Waals surface area contributed by atoms with Crippen molar-refractivity contribution in [1.82, 2.24) is 5.32 Å². The van der Waals surface area contributed by atoms with E-state index in [0.29, 0.717) is 12.8 Å². The predicted molar refractivity (Wildman–Crippen MR) is 61.4 cm³/mol. The summed E-state index contributed by atoms with van der Waals surface area (Å²) in [6.45, 7) is 7.20. The van der Waals surface area contributed by atoms with Crippen LogP contribution in [-0.4, -0.2) is 29.0 Å². The van der Waals surface area contributed by atoms with Gasteiger partial charge < -0.3 is 14.9 Å². The zero-order valence-corrected chi connectivity index (χ0v) is 10.8. The number of carbonyl (C=O) groups excluding carboxylic acids is 2. The molecule has 0 aliphatic rings. The van der Waals surface area contributed by atoms with E-state index in [9.17, 15) is 9.59 Å². The summed E-state index contributed by atoms with van der Waals surface area (Å²) < 4.78 is 5.09. The number of amides is 1. The molecule has 0 fully saturated rings. The number of alkyl carbamates (subject to hydrolysis) is 1. The van der Waals surface area contributed by atoms with Gasteiger partial charge in [-0.05, 0) is 33.6 Å². The minimum atomic E-state index is -0.713. The van der Waals surface area contributed by atoms with Crippen LogP contribution in [0.5, 0.6) is 0 Å². The van der Waals surface area contributed by atoms with E-state index >= 15 is 0 Å². The van der Waals surface area contributed by atoms with Gasteiger partial charge in [-0.2, -0.15) is 5.26 Å². The maximum absolute atomic E-state index is 11.4. The van der Waals surface area contributed by atoms with Crippen LogP contribution in [0.2, 0.25) is 0 Å². The third-order valence-corrected chi connectivity index (χ3v) is 2.01. The van der Waals surface area contributed by atoms with E-state index in [4.69, 9.17) is 9.99 Å². The Kier molecular flexibility index (Phi) is 6.57. The molecule has 17 heavy (non-hydrogen) atoms. The quantitative estimate of drug-likeness (QED) is 0.574. The number of carbonyl (C=O) groups is 2. The number of ether oxygens (including phenoxy) is 1. The molecule has 1 atom stereocenters. The number of rotatable bonds is 5. The molecule has 0 aromatic rings. The van der Waals surface area contributed by atoms with Crippen LogP contribution in [0.25, 0.3) is 0 Å². The van der Waals surface area contributed by atoms with Crippen LogP contribution < -0.4 is 5.32 Å². The van der Waals surface area contributed by atoms with Crippen molar-refractivity contribution in [2.75, 3.05) is 0 Å². The maximum Gasteiger partial charge on any atom is 0.407 e. The highest BCUT2D eigenvalue weighted by molar-refractivity contribution is 5.69. The molecule has 6 nitrogen and oxygen atoms in total. The minimum Gasteiger partial charge on any atom is -0.444 e. The van der Waals surface area contributed by atoms with Crippen molar-refractivity contribution in [1.29, 1.82) is 0 Å². The average molecular weight is 247 g/mol. The molecule has 0 heterocycles. The lowest BCUT2D eigenvalue weighted by molar-refractivity contribution is -0.234. The first-order chi connectivity index (χ1) is 7.78. The molecule has 0 saturated heterocycles. The number of nitrogens with one attached hydrogen (secondary N) is 1. The molecule has 0 aromatic carbocycles. The van der Waals surface area contributed by atoms with Crippen LogP contribution in [0.15, 0.2) is 0 Å². The molecule has 1 unspecified atom stereocenters. The van der Waals surface area contributed by atoms with E-state index in [0.717, 1.165) is 0 Å². The van der Waals surface area contributed by atoms with E-state index in [1.807, 2.05) is 6.92 Å². The molecule has 0 saturated carbocycles. The van der Waals surface area contributed by atoms with Crippen LogP contribution in [0.4, 0.5) is 4.79 Å². The third-order valence-electron chi connectivity index (χ3n) is 2.01. The Bertz CT molecular complexity index is 259. The van der Waals surface area contributed by atoms with Gasteiger partial charge in [0.2, 0.25) is 0 Å². The van der Waals surface area contributed by atoms with Gasteiger partial charge in [0.15, 0.2) is 0 Å². The zero-order valence-electron chi connectivity index (χ0n) is 10.8. The third kappa shape index (κ3) is 8.50. The monoisotopic (exact) mass is 247 g/mol. The molecule has 0 radical (unpaired) electrons. The second-order valence-corrected chi connectivity index (χ2v) is 4.75. The first-order valence-corrected chi connectivity index (χ1v) is 5.62. The van der Waals surface area contributed by atoms with Gasteiger partial charge in [0.1, 0.15) is 5.60 Å². The highest BCUT2D eigenvalue weighted by Crippen LogP contribution is 2.08. The van der Waals surface area contributed by atoms with Crippen molar-refractivity contribution in [2.45, 2.75) is 58.6 Å². The Hall–Kier alpha value is -1.30. The fourth-order valence-corrected chi connectivity index (χ4v) is 1.19. The number of hydrogen-bond acceptors (Lipinski definition) is 5. The average Bonchev–Trinajstić information content (AvgIpc) is 2.20. The molecule has 6 heteroatoms. The van der Waals surface area contributed by atoms with Gasteiger partial charge in [0.25, 0.3) is 0 Å². The van der Waals surface area contributed by atoms with Crippen LogP contribution in [0.1, 0.15) is 47.0 Å². The maximum atomic E-state index is 11.4. The summed E-state index contributed by atoms with van der Waals surface area (Å²) in [7, 11) is 0. The van der Waals surface area contributed by atoms with E-state index in [1.165, 1.54) is 0 Å². The summed E-state index contributed by atoms with van der Waals surface area (Å²) in [5.74, 6) is -0.713. The van der Waals surface area contributed by atoms with E-state index in [1.54, 1.807) is 20.8 Å².